The van der Waals surface area contributed by atoms with Crippen LogP contribution < -0.4 is 10.1 Å². The van der Waals surface area contributed by atoms with Crippen molar-refractivity contribution in [3.8, 4) is 5.75 Å². The Kier molecular flexibility index (Phi) is 6.62. The number of carbonyl (C=O) groups excluding carboxylic acids is 1. The maximum absolute atomic E-state index is 12.3. The molecule has 1 aromatic rings. The van der Waals surface area contributed by atoms with E-state index in [0.29, 0.717) is 31.2 Å². The number of benzene rings is 1. The van der Waals surface area contributed by atoms with Crippen molar-refractivity contribution in [1.82, 2.24) is 10.2 Å². The van der Waals surface area contributed by atoms with Crippen molar-refractivity contribution in [2.45, 2.75) is 36.6 Å². The van der Waals surface area contributed by atoms with Gasteiger partial charge in [-0.15, -0.1) is 0 Å². The summed E-state index contributed by atoms with van der Waals surface area (Å²) in [4.78, 5) is 14.5. The number of rotatable bonds is 8. The fourth-order valence-electron chi connectivity index (χ4n) is 2.95. The van der Waals surface area contributed by atoms with Gasteiger partial charge in [-0.05, 0) is 50.6 Å². The lowest BCUT2D eigenvalue weighted by molar-refractivity contribution is -0.132. The Bertz CT molecular complexity index is 643. The third-order valence-electron chi connectivity index (χ3n) is 4.19. The molecule has 0 radical (unpaired) electrons. The predicted octanol–water partition coefficient (Wildman–Crippen LogP) is 1.46. The van der Waals surface area contributed by atoms with Gasteiger partial charge in [0.1, 0.15) is 5.75 Å². The number of likely N-dealkylation sites (tertiary alicyclic amines) is 1. The third kappa shape index (κ3) is 5.21. The van der Waals surface area contributed by atoms with E-state index in [9.17, 15) is 13.2 Å². The average Bonchev–Trinajstić information content (AvgIpc) is 3.00. The van der Waals surface area contributed by atoms with Gasteiger partial charge in [-0.2, -0.15) is 0 Å². The van der Waals surface area contributed by atoms with Gasteiger partial charge in [0.25, 0.3) is 0 Å². The highest BCUT2D eigenvalue weighted by Gasteiger charge is 2.27. The van der Waals surface area contributed by atoms with Crippen LogP contribution in [0.1, 0.15) is 25.7 Å². The van der Waals surface area contributed by atoms with Gasteiger partial charge in [-0.3, -0.25) is 4.79 Å². The number of likely N-dealkylation sites (N-methyl/N-ethyl adjacent to an activating group) is 1. The number of amides is 1. The van der Waals surface area contributed by atoms with Crippen LogP contribution in [0.2, 0.25) is 0 Å². The predicted molar refractivity (Wildman–Crippen MR) is 92.9 cm³/mol. The first kappa shape index (κ1) is 18.7. The molecule has 0 bridgehead atoms. The van der Waals surface area contributed by atoms with E-state index in [0.717, 1.165) is 25.9 Å². The van der Waals surface area contributed by atoms with E-state index >= 15 is 0 Å². The fraction of sp³-hybridized carbons (Fsp3) is 0.588. The van der Waals surface area contributed by atoms with Crippen LogP contribution in [0.3, 0.4) is 0 Å². The third-order valence-corrected chi connectivity index (χ3v) is 5.32. The number of nitrogens with one attached hydrogen (secondary N) is 1. The largest absolute Gasteiger partial charge is 0.494 e. The van der Waals surface area contributed by atoms with Crippen molar-refractivity contribution in [2.24, 2.45) is 0 Å². The van der Waals surface area contributed by atoms with E-state index in [1.165, 1.54) is 18.4 Å². The SMILES string of the molecule is CNCC1CCCN1C(=O)CCCOc1ccc(S(C)(=O)=O)cc1. The molecule has 1 atom stereocenters. The normalized spacial score (nSPS) is 17.9. The molecule has 2 rings (SSSR count). The van der Waals surface area contributed by atoms with Gasteiger partial charge in [0.2, 0.25) is 5.91 Å². The molecular weight excluding hydrogens is 328 g/mol. The number of nitrogens with zero attached hydrogens (tertiary/aromatic N) is 1. The van der Waals surface area contributed by atoms with Crippen LogP contribution in [-0.4, -0.2) is 58.3 Å². The van der Waals surface area contributed by atoms with E-state index in [1.807, 2.05) is 11.9 Å². The lowest BCUT2D eigenvalue weighted by Crippen LogP contribution is -2.40. The van der Waals surface area contributed by atoms with E-state index in [1.54, 1.807) is 12.1 Å². The molecule has 1 aliphatic heterocycles. The Labute approximate surface area is 144 Å². The number of hydrogen-bond donors (Lipinski definition) is 1. The highest BCUT2D eigenvalue weighted by molar-refractivity contribution is 7.90. The molecule has 1 fully saturated rings. The number of ether oxygens (including phenoxy) is 1. The minimum atomic E-state index is -3.19. The summed E-state index contributed by atoms with van der Waals surface area (Å²) < 4.78 is 28.4. The molecule has 1 N–H and O–H groups in total. The molecule has 134 valence electrons. The Morgan fingerprint density at radius 1 is 1.33 bits per heavy atom. The van der Waals surface area contributed by atoms with E-state index < -0.39 is 9.84 Å². The molecule has 24 heavy (non-hydrogen) atoms. The lowest BCUT2D eigenvalue weighted by atomic mass is 10.2. The Balaban J connectivity index is 1.73. The molecule has 1 amide bonds. The summed E-state index contributed by atoms with van der Waals surface area (Å²) in [6.45, 7) is 2.13. The van der Waals surface area contributed by atoms with Gasteiger partial charge in [0.05, 0.1) is 11.5 Å². The van der Waals surface area contributed by atoms with Crippen LogP contribution in [0.15, 0.2) is 29.2 Å². The zero-order chi connectivity index (χ0) is 17.6. The summed E-state index contributed by atoms with van der Waals surface area (Å²) in [5.74, 6) is 0.799. The second kappa shape index (κ2) is 8.48. The average molecular weight is 354 g/mol. The van der Waals surface area contributed by atoms with Crippen molar-refractivity contribution < 1.29 is 17.9 Å². The quantitative estimate of drug-likeness (QED) is 0.715. The molecule has 0 aliphatic carbocycles. The van der Waals surface area contributed by atoms with Crippen molar-refractivity contribution in [3.05, 3.63) is 24.3 Å². The number of carbonyl (C=O) groups is 1. The molecule has 1 unspecified atom stereocenters. The Morgan fingerprint density at radius 2 is 2.04 bits per heavy atom. The first-order valence-corrected chi connectivity index (χ1v) is 10.2. The maximum Gasteiger partial charge on any atom is 0.222 e. The summed E-state index contributed by atoms with van der Waals surface area (Å²) >= 11 is 0. The summed E-state index contributed by atoms with van der Waals surface area (Å²) in [6.07, 6.45) is 4.43. The van der Waals surface area contributed by atoms with Crippen LogP contribution in [0.4, 0.5) is 0 Å². The lowest BCUT2D eigenvalue weighted by Gasteiger charge is -2.24. The molecule has 7 heteroatoms. The van der Waals surface area contributed by atoms with Gasteiger partial charge in [0, 0.05) is 31.8 Å². The minimum absolute atomic E-state index is 0.184. The second-order valence-corrected chi connectivity index (χ2v) is 8.15. The Morgan fingerprint density at radius 3 is 2.67 bits per heavy atom. The molecule has 0 saturated carbocycles. The zero-order valence-electron chi connectivity index (χ0n) is 14.3. The molecule has 0 aromatic heterocycles. The molecule has 1 saturated heterocycles. The van der Waals surface area contributed by atoms with Gasteiger partial charge >= 0.3 is 0 Å². The van der Waals surface area contributed by atoms with Crippen molar-refractivity contribution >= 4 is 15.7 Å². The van der Waals surface area contributed by atoms with Crippen LogP contribution in [-0.2, 0) is 14.6 Å². The summed E-state index contributed by atoms with van der Waals surface area (Å²) in [5, 5.41) is 3.14. The minimum Gasteiger partial charge on any atom is -0.494 e. The number of hydrogen-bond acceptors (Lipinski definition) is 5. The summed E-state index contributed by atoms with van der Waals surface area (Å²) in [7, 11) is -1.28. The maximum atomic E-state index is 12.3. The van der Waals surface area contributed by atoms with Crippen LogP contribution in [0.25, 0.3) is 0 Å². The molecule has 1 aromatic carbocycles. The highest BCUT2D eigenvalue weighted by Crippen LogP contribution is 2.19. The van der Waals surface area contributed by atoms with Gasteiger partial charge < -0.3 is 15.0 Å². The fourth-order valence-corrected chi connectivity index (χ4v) is 3.58. The molecule has 1 heterocycles. The van der Waals surface area contributed by atoms with E-state index in [4.69, 9.17) is 4.74 Å². The topological polar surface area (TPSA) is 75.7 Å². The van der Waals surface area contributed by atoms with Gasteiger partial charge in [0.15, 0.2) is 9.84 Å². The first-order chi connectivity index (χ1) is 11.4. The van der Waals surface area contributed by atoms with Crippen LogP contribution in [0, 0.1) is 0 Å². The van der Waals surface area contributed by atoms with Crippen molar-refractivity contribution in [3.63, 3.8) is 0 Å². The van der Waals surface area contributed by atoms with Crippen molar-refractivity contribution in [1.29, 1.82) is 0 Å². The zero-order valence-corrected chi connectivity index (χ0v) is 15.1. The molecule has 6 nitrogen and oxygen atoms in total. The highest BCUT2D eigenvalue weighted by atomic mass is 32.2. The van der Waals surface area contributed by atoms with Crippen molar-refractivity contribution in [2.75, 3.05) is 33.0 Å². The molecule has 1 aliphatic rings. The van der Waals surface area contributed by atoms with Gasteiger partial charge in [-0.1, -0.05) is 0 Å². The smallest absolute Gasteiger partial charge is 0.222 e. The Hall–Kier alpha value is -1.60. The standard InChI is InChI=1S/C17H26N2O4S/c1-18-13-14-5-3-11-19(14)17(20)6-4-12-23-15-7-9-16(10-8-15)24(2,21)22/h7-10,14,18H,3-6,11-13H2,1-2H3. The van der Waals surface area contributed by atoms with Crippen LogP contribution in [0.5, 0.6) is 5.75 Å². The van der Waals surface area contributed by atoms with Crippen LogP contribution >= 0.6 is 0 Å². The molecular formula is C17H26N2O4S. The second-order valence-electron chi connectivity index (χ2n) is 6.14. The monoisotopic (exact) mass is 354 g/mol. The molecule has 0 spiro atoms. The number of sulfone groups is 1. The summed E-state index contributed by atoms with van der Waals surface area (Å²) in [6, 6.07) is 6.65. The van der Waals surface area contributed by atoms with Gasteiger partial charge in [-0.25, -0.2) is 8.42 Å². The first-order valence-electron chi connectivity index (χ1n) is 8.29. The summed E-state index contributed by atoms with van der Waals surface area (Å²) in [5.41, 5.74) is 0. The van der Waals surface area contributed by atoms with E-state index in [-0.39, 0.29) is 10.8 Å². The van der Waals surface area contributed by atoms with E-state index in [2.05, 4.69) is 5.32 Å².